The van der Waals surface area contributed by atoms with Crippen LogP contribution in [0.3, 0.4) is 0 Å². The van der Waals surface area contributed by atoms with E-state index in [1.165, 1.54) is 44.1 Å². The summed E-state index contributed by atoms with van der Waals surface area (Å²) in [5.41, 5.74) is 4.03. The average molecular weight is 457 g/mol. The standard InChI is InChI=1S/C26H32N8/c1-2-17-34-24(28-23(31-34)15-12-19-7-4-3-5-8-19)18-20-10-13-21(14-11-20)22-9-6-16-27-25(22)26-29-32-33-30-26/h6,9-11,13-14,16,19H,2-5,7-8,12,15,17-18H2,1H3,(H,29,30,32,33). The van der Waals surface area contributed by atoms with Gasteiger partial charge in [0.2, 0.25) is 0 Å². The van der Waals surface area contributed by atoms with Crippen molar-refractivity contribution in [1.29, 1.82) is 0 Å². The molecule has 0 atom stereocenters. The fraction of sp³-hybridized carbons (Fsp3) is 0.462. The van der Waals surface area contributed by atoms with Crippen molar-refractivity contribution in [2.75, 3.05) is 0 Å². The molecule has 0 saturated heterocycles. The number of rotatable bonds is 9. The molecule has 0 unspecified atom stereocenters. The second-order valence-electron chi connectivity index (χ2n) is 9.23. The topological polar surface area (TPSA) is 98.1 Å². The first-order chi connectivity index (χ1) is 16.8. The van der Waals surface area contributed by atoms with E-state index >= 15 is 0 Å². The maximum absolute atomic E-state index is 4.95. The lowest BCUT2D eigenvalue weighted by Gasteiger charge is -2.20. The van der Waals surface area contributed by atoms with Gasteiger partial charge in [-0.15, -0.1) is 5.10 Å². The largest absolute Gasteiger partial charge is 0.252 e. The van der Waals surface area contributed by atoms with E-state index in [0.717, 1.165) is 60.2 Å². The van der Waals surface area contributed by atoms with Crippen LogP contribution in [0.2, 0.25) is 0 Å². The molecule has 0 radical (unpaired) electrons. The van der Waals surface area contributed by atoms with Crippen LogP contribution < -0.4 is 0 Å². The number of aryl methyl sites for hydroxylation is 2. The summed E-state index contributed by atoms with van der Waals surface area (Å²) < 4.78 is 2.11. The van der Waals surface area contributed by atoms with E-state index in [1.54, 1.807) is 6.20 Å². The normalized spacial score (nSPS) is 14.5. The predicted molar refractivity (Wildman–Crippen MR) is 131 cm³/mol. The Hall–Kier alpha value is -3.42. The molecule has 0 amide bonds. The van der Waals surface area contributed by atoms with Gasteiger partial charge in [-0.05, 0) is 46.4 Å². The maximum atomic E-state index is 4.95. The van der Waals surface area contributed by atoms with Crippen molar-refractivity contribution in [3.63, 3.8) is 0 Å². The minimum atomic E-state index is 0.563. The van der Waals surface area contributed by atoms with Crippen molar-refractivity contribution < 1.29 is 0 Å². The molecule has 0 aliphatic heterocycles. The molecule has 1 aliphatic carbocycles. The molecule has 1 saturated carbocycles. The van der Waals surface area contributed by atoms with Gasteiger partial charge in [-0.2, -0.15) is 5.10 Å². The summed E-state index contributed by atoms with van der Waals surface area (Å²) in [4.78, 5) is 9.43. The van der Waals surface area contributed by atoms with Gasteiger partial charge >= 0.3 is 0 Å². The molecule has 0 bridgehead atoms. The molecule has 8 nitrogen and oxygen atoms in total. The molecule has 34 heavy (non-hydrogen) atoms. The Morgan fingerprint density at radius 1 is 1.06 bits per heavy atom. The van der Waals surface area contributed by atoms with Crippen LogP contribution in [0.1, 0.15) is 69.1 Å². The van der Waals surface area contributed by atoms with Gasteiger partial charge in [-0.3, -0.25) is 4.98 Å². The highest BCUT2D eigenvalue weighted by Gasteiger charge is 2.16. The number of hydrogen-bond acceptors (Lipinski definition) is 6. The molecule has 1 aromatic carbocycles. The predicted octanol–water partition coefficient (Wildman–Crippen LogP) is 5.03. The smallest absolute Gasteiger partial charge is 0.198 e. The zero-order valence-corrected chi connectivity index (χ0v) is 19.8. The first-order valence-electron chi connectivity index (χ1n) is 12.5. The van der Waals surface area contributed by atoms with Gasteiger partial charge in [-0.1, -0.05) is 69.4 Å². The van der Waals surface area contributed by atoms with Crippen LogP contribution in [-0.4, -0.2) is 40.4 Å². The Balaban J connectivity index is 1.30. The van der Waals surface area contributed by atoms with E-state index in [1.807, 2.05) is 12.1 Å². The third-order valence-electron chi connectivity index (χ3n) is 6.73. The van der Waals surface area contributed by atoms with Crippen LogP contribution in [0.25, 0.3) is 22.6 Å². The highest BCUT2D eigenvalue weighted by molar-refractivity contribution is 5.77. The molecule has 0 spiro atoms. The minimum absolute atomic E-state index is 0.563. The highest BCUT2D eigenvalue weighted by atomic mass is 15.5. The summed E-state index contributed by atoms with van der Waals surface area (Å²) in [6.45, 7) is 3.10. The van der Waals surface area contributed by atoms with Gasteiger partial charge < -0.3 is 0 Å². The number of tetrazole rings is 1. The Morgan fingerprint density at radius 2 is 1.91 bits per heavy atom. The first kappa shape index (κ1) is 22.4. The van der Waals surface area contributed by atoms with Gasteiger partial charge in [0.1, 0.15) is 11.5 Å². The van der Waals surface area contributed by atoms with Gasteiger partial charge in [0, 0.05) is 31.1 Å². The van der Waals surface area contributed by atoms with Crippen molar-refractivity contribution in [3.05, 3.63) is 59.8 Å². The third kappa shape index (κ3) is 5.21. The number of pyridine rings is 1. The second-order valence-corrected chi connectivity index (χ2v) is 9.23. The molecule has 1 fully saturated rings. The number of aromatic nitrogens is 8. The monoisotopic (exact) mass is 456 g/mol. The van der Waals surface area contributed by atoms with Crippen LogP contribution in [-0.2, 0) is 19.4 Å². The molecule has 1 N–H and O–H groups in total. The molecule has 8 heteroatoms. The van der Waals surface area contributed by atoms with Crippen LogP contribution in [0.5, 0.6) is 0 Å². The van der Waals surface area contributed by atoms with Crippen molar-refractivity contribution in [3.8, 4) is 22.6 Å². The van der Waals surface area contributed by atoms with Crippen LogP contribution in [0.15, 0.2) is 42.6 Å². The summed E-state index contributed by atoms with van der Waals surface area (Å²) in [5, 5.41) is 19.1. The van der Waals surface area contributed by atoms with Gasteiger partial charge in [-0.25, -0.2) is 14.8 Å². The zero-order valence-electron chi connectivity index (χ0n) is 19.8. The molecule has 3 aromatic heterocycles. The number of aromatic amines is 1. The van der Waals surface area contributed by atoms with E-state index in [9.17, 15) is 0 Å². The fourth-order valence-electron chi connectivity index (χ4n) is 4.93. The Labute approximate surface area is 200 Å². The van der Waals surface area contributed by atoms with Crippen LogP contribution >= 0.6 is 0 Å². The average Bonchev–Trinajstić information content (AvgIpc) is 3.55. The van der Waals surface area contributed by atoms with E-state index in [0.29, 0.717) is 5.82 Å². The summed E-state index contributed by atoms with van der Waals surface area (Å²) in [5.74, 6) is 3.48. The number of H-pyrrole nitrogens is 1. The Morgan fingerprint density at radius 3 is 2.68 bits per heavy atom. The van der Waals surface area contributed by atoms with E-state index in [-0.39, 0.29) is 0 Å². The first-order valence-corrected chi connectivity index (χ1v) is 12.5. The lowest BCUT2D eigenvalue weighted by molar-refractivity contribution is 0.337. The van der Waals surface area contributed by atoms with Crippen molar-refractivity contribution in [2.45, 2.75) is 71.3 Å². The zero-order chi connectivity index (χ0) is 23.2. The van der Waals surface area contributed by atoms with Crippen molar-refractivity contribution in [2.24, 2.45) is 5.92 Å². The quantitative estimate of drug-likeness (QED) is 0.379. The second kappa shape index (κ2) is 10.7. The van der Waals surface area contributed by atoms with Crippen molar-refractivity contribution in [1.82, 2.24) is 40.4 Å². The number of benzene rings is 1. The lowest BCUT2D eigenvalue weighted by atomic mass is 9.86. The summed E-state index contributed by atoms with van der Waals surface area (Å²) in [7, 11) is 0. The minimum Gasteiger partial charge on any atom is -0.252 e. The molecule has 1 aliphatic rings. The fourth-order valence-corrected chi connectivity index (χ4v) is 4.93. The molecule has 4 aromatic rings. The molecule has 176 valence electrons. The molecular weight excluding hydrogens is 424 g/mol. The van der Waals surface area contributed by atoms with Crippen LogP contribution in [0, 0.1) is 5.92 Å². The van der Waals surface area contributed by atoms with E-state index in [2.05, 4.69) is 61.5 Å². The van der Waals surface area contributed by atoms with E-state index in [4.69, 9.17) is 10.1 Å². The summed E-state index contributed by atoms with van der Waals surface area (Å²) >= 11 is 0. The number of nitrogens with one attached hydrogen (secondary N) is 1. The molecular formula is C26H32N8. The van der Waals surface area contributed by atoms with Gasteiger partial charge in [0.25, 0.3) is 0 Å². The summed E-state index contributed by atoms with van der Waals surface area (Å²) in [6.07, 6.45) is 12.7. The van der Waals surface area contributed by atoms with Crippen molar-refractivity contribution >= 4 is 0 Å². The van der Waals surface area contributed by atoms with Crippen LogP contribution in [0.4, 0.5) is 0 Å². The number of hydrogen-bond donors (Lipinski definition) is 1. The molecule has 5 rings (SSSR count). The lowest BCUT2D eigenvalue weighted by Crippen LogP contribution is -2.08. The Bertz CT molecular complexity index is 1170. The third-order valence-corrected chi connectivity index (χ3v) is 6.73. The number of nitrogens with zero attached hydrogens (tertiary/aromatic N) is 7. The maximum Gasteiger partial charge on any atom is 0.198 e. The highest BCUT2D eigenvalue weighted by Crippen LogP contribution is 2.29. The summed E-state index contributed by atoms with van der Waals surface area (Å²) in [6, 6.07) is 12.6. The molecule has 3 heterocycles. The van der Waals surface area contributed by atoms with E-state index < -0.39 is 0 Å². The van der Waals surface area contributed by atoms with Gasteiger partial charge in [0.15, 0.2) is 11.6 Å². The Kier molecular flexibility index (Phi) is 7.02. The SMILES string of the molecule is CCCn1nc(CCC2CCCCC2)nc1Cc1ccc(-c2cccnc2-c2nnn[nH]2)cc1. The van der Waals surface area contributed by atoms with Gasteiger partial charge in [0.05, 0.1) is 0 Å².